The first-order chi connectivity index (χ1) is 15.1. The number of benzene rings is 2. The third kappa shape index (κ3) is 4.61. The molecule has 4 rings (SSSR count). The molecule has 2 heterocycles. The van der Waals surface area contributed by atoms with Crippen LogP contribution in [-0.2, 0) is 4.74 Å². The standard InChI is InChI=1S/C24H25N3O3S/c1-2-14-30-24(29)27-12-10-26(11-13-27)23(28)18-8-9-19-21(15-18)25-20(16-22(19)31)17-6-4-3-5-7-17/h3-9,15-16H,2,10-14H2,1H3,(H,25,31). The van der Waals surface area contributed by atoms with Crippen molar-refractivity contribution in [1.82, 2.24) is 14.8 Å². The summed E-state index contributed by atoms with van der Waals surface area (Å²) in [4.78, 5) is 32.0. The van der Waals surface area contributed by atoms with Gasteiger partial charge in [0.25, 0.3) is 5.91 Å². The van der Waals surface area contributed by atoms with Crippen LogP contribution in [-0.4, -0.2) is 59.6 Å². The normalized spacial score (nSPS) is 14.0. The number of carbonyl (C=O) groups excluding carboxylic acids is 2. The van der Waals surface area contributed by atoms with Gasteiger partial charge in [0.2, 0.25) is 0 Å². The molecule has 31 heavy (non-hydrogen) atoms. The van der Waals surface area contributed by atoms with Crippen LogP contribution in [0.25, 0.3) is 22.2 Å². The molecule has 1 aliphatic rings. The van der Waals surface area contributed by atoms with Crippen LogP contribution in [0.1, 0.15) is 23.7 Å². The van der Waals surface area contributed by atoms with Crippen molar-refractivity contribution in [1.29, 1.82) is 0 Å². The molecule has 1 aromatic heterocycles. The maximum atomic E-state index is 13.1. The summed E-state index contributed by atoms with van der Waals surface area (Å²) < 4.78 is 5.93. The summed E-state index contributed by atoms with van der Waals surface area (Å²) in [6, 6.07) is 17.5. The van der Waals surface area contributed by atoms with Crippen molar-refractivity contribution >= 4 is 35.1 Å². The zero-order chi connectivity index (χ0) is 21.8. The van der Waals surface area contributed by atoms with Gasteiger partial charge in [0.05, 0.1) is 6.61 Å². The molecule has 1 saturated heterocycles. The highest BCUT2D eigenvalue weighted by Gasteiger charge is 2.25. The lowest BCUT2D eigenvalue weighted by molar-refractivity contribution is 0.0560. The summed E-state index contributed by atoms with van der Waals surface area (Å²) in [6.45, 7) is 4.30. The van der Waals surface area contributed by atoms with Gasteiger partial charge in [0.1, 0.15) is 0 Å². The third-order valence-electron chi connectivity index (χ3n) is 5.42. The van der Waals surface area contributed by atoms with E-state index in [1.54, 1.807) is 9.80 Å². The van der Waals surface area contributed by atoms with Gasteiger partial charge in [-0.3, -0.25) is 4.79 Å². The highest BCUT2D eigenvalue weighted by atomic mass is 32.1. The zero-order valence-corrected chi connectivity index (χ0v) is 18.3. The number of ether oxygens (including phenoxy) is 1. The predicted octanol–water partition coefficient (Wildman–Crippen LogP) is 4.87. The number of nitrogens with zero attached hydrogens (tertiary/aromatic N) is 2. The molecule has 3 aromatic rings. The smallest absolute Gasteiger partial charge is 0.409 e. The molecule has 0 aliphatic carbocycles. The van der Waals surface area contributed by atoms with Gasteiger partial charge in [-0.25, -0.2) is 4.79 Å². The topological polar surface area (TPSA) is 65.6 Å². The first-order valence-electron chi connectivity index (χ1n) is 10.5. The van der Waals surface area contributed by atoms with Crippen LogP contribution in [0.4, 0.5) is 4.79 Å². The summed E-state index contributed by atoms with van der Waals surface area (Å²) >= 11 is 5.58. The molecule has 6 nitrogen and oxygen atoms in total. The van der Waals surface area contributed by atoms with Crippen molar-refractivity contribution < 1.29 is 14.3 Å². The Hall–Kier alpha value is -3.19. The summed E-state index contributed by atoms with van der Waals surface area (Å²) in [5.41, 5.74) is 3.39. The maximum absolute atomic E-state index is 13.1. The quantitative estimate of drug-likeness (QED) is 0.594. The number of hydrogen-bond acceptors (Lipinski definition) is 4. The number of aromatic amines is 1. The SMILES string of the molecule is CCCOC(=O)N1CCN(C(=O)c2ccc3c(=S)cc(-c4ccccc4)[nH]c3c2)CC1. The van der Waals surface area contributed by atoms with Gasteiger partial charge in [-0.15, -0.1) is 0 Å². The lowest BCUT2D eigenvalue weighted by Gasteiger charge is -2.34. The maximum Gasteiger partial charge on any atom is 0.409 e. The van der Waals surface area contributed by atoms with E-state index in [2.05, 4.69) is 4.98 Å². The highest BCUT2D eigenvalue weighted by molar-refractivity contribution is 7.71. The molecule has 2 amide bonds. The van der Waals surface area contributed by atoms with Crippen LogP contribution in [0.5, 0.6) is 0 Å². The van der Waals surface area contributed by atoms with Crippen molar-refractivity contribution in [3.63, 3.8) is 0 Å². The van der Waals surface area contributed by atoms with Gasteiger partial charge in [0.15, 0.2) is 0 Å². The van der Waals surface area contributed by atoms with Crippen LogP contribution in [0, 0.1) is 4.51 Å². The van der Waals surface area contributed by atoms with E-state index in [4.69, 9.17) is 17.0 Å². The Kier molecular flexibility index (Phi) is 6.32. The molecule has 0 unspecified atom stereocenters. The van der Waals surface area contributed by atoms with Crippen molar-refractivity contribution in [3.8, 4) is 11.3 Å². The Morgan fingerprint density at radius 1 is 1.00 bits per heavy atom. The highest BCUT2D eigenvalue weighted by Crippen LogP contribution is 2.24. The first-order valence-corrected chi connectivity index (χ1v) is 10.9. The third-order valence-corrected chi connectivity index (χ3v) is 5.75. The van der Waals surface area contributed by atoms with Crippen molar-refractivity contribution in [2.45, 2.75) is 13.3 Å². The van der Waals surface area contributed by atoms with Crippen LogP contribution >= 0.6 is 12.2 Å². The fraction of sp³-hybridized carbons (Fsp3) is 0.292. The summed E-state index contributed by atoms with van der Waals surface area (Å²) in [7, 11) is 0. The molecule has 160 valence electrons. The van der Waals surface area contributed by atoms with E-state index in [1.165, 1.54) is 0 Å². The predicted molar refractivity (Wildman–Crippen MR) is 124 cm³/mol. The number of hydrogen-bond donors (Lipinski definition) is 1. The van der Waals surface area contributed by atoms with Crippen molar-refractivity contribution in [2.24, 2.45) is 0 Å². The molecule has 1 aliphatic heterocycles. The number of H-pyrrole nitrogens is 1. The van der Waals surface area contributed by atoms with Crippen molar-refractivity contribution in [3.05, 3.63) is 64.7 Å². The monoisotopic (exact) mass is 435 g/mol. The second-order valence-corrected chi connectivity index (χ2v) is 8.01. The molecule has 0 bridgehead atoms. The van der Waals surface area contributed by atoms with Gasteiger partial charge in [0, 0.05) is 52.8 Å². The van der Waals surface area contributed by atoms with Crippen LogP contribution in [0.2, 0.25) is 0 Å². The van der Waals surface area contributed by atoms with Gasteiger partial charge in [-0.2, -0.15) is 0 Å². The second kappa shape index (κ2) is 9.31. The number of fused-ring (bicyclic) bond motifs is 1. The van der Waals surface area contributed by atoms with E-state index in [1.807, 2.05) is 61.5 Å². The molecule has 2 aromatic carbocycles. The average molecular weight is 436 g/mol. The molecule has 0 radical (unpaired) electrons. The number of nitrogens with one attached hydrogen (secondary N) is 1. The Balaban J connectivity index is 1.52. The van der Waals surface area contributed by atoms with Crippen molar-refractivity contribution in [2.75, 3.05) is 32.8 Å². The van der Waals surface area contributed by atoms with Crippen LogP contribution < -0.4 is 0 Å². The van der Waals surface area contributed by atoms with Gasteiger partial charge in [-0.05, 0) is 30.2 Å². The largest absolute Gasteiger partial charge is 0.449 e. The van der Waals surface area contributed by atoms with E-state index < -0.39 is 0 Å². The molecule has 1 N–H and O–H groups in total. The number of rotatable bonds is 4. The van der Waals surface area contributed by atoms with E-state index >= 15 is 0 Å². The summed E-state index contributed by atoms with van der Waals surface area (Å²) in [6.07, 6.45) is 0.488. The second-order valence-electron chi connectivity index (χ2n) is 7.57. The van der Waals surface area contributed by atoms with Gasteiger partial charge >= 0.3 is 6.09 Å². The van der Waals surface area contributed by atoms with E-state index in [0.29, 0.717) is 38.3 Å². The minimum absolute atomic E-state index is 0.0482. The molecule has 0 saturated carbocycles. The Morgan fingerprint density at radius 2 is 1.71 bits per heavy atom. The summed E-state index contributed by atoms with van der Waals surface area (Å²) in [5, 5.41) is 0.912. The van der Waals surface area contributed by atoms with Crippen LogP contribution in [0.15, 0.2) is 54.6 Å². The van der Waals surface area contributed by atoms with E-state index in [9.17, 15) is 9.59 Å². The number of amides is 2. The fourth-order valence-electron chi connectivity index (χ4n) is 3.71. The molecular formula is C24H25N3O3S. The van der Waals surface area contributed by atoms with Gasteiger partial charge in [-0.1, -0.05) is 55.5 Å². The van der Waals surface area contributed by atoms with E-state index in [0.717, 1.165) is 33.1 Å². The minimum atomic E-state index is -0.305. The molecule has 0 atom stereocenters. The fourth-order valence-corrected chi connectivity index (χ4v) is 4.01. The van der Waals surface area contributed by atoms with Gasteiger partial charge < -0.3 is 19.5 Å². The first kappa shape index (κ1) is 21.1. The van der Waals surface area contributed by atoms with E-state index in [-0.39, 0.29) is 12.0 Å². The number of aromatic nitrogens is 1. The minimum Gasteiger partial charge on any atom is -0.449 e. The molecule has 7 heteroatoms. The lowest BCUT2D eigenvalue weighted by atomic mass is 10.1. The Bertz CT molecular complexity index is 1150. The lowest BCUT2D eigenvalue weighted by Crippen LogP contribution is -2.50. The number of pyridine rings is 1. The Morgan fingerprint density at radius 3 is 2.42 bits per heavy atom. The average Bonchev–Trinajstić information content (AvgIpc) is 2.82. The summed E-state index contributed by atoms with van der Waals surface area (Å²) in [5.74, 6) is -0.0482. The number of piperazine rings is 1. The zero-order valence-electron chi connectivity index (χ0n) is 17.5. The molecule has 1 fully saturated rings. The Labute approximate surface area is 186 Å². The number of carbonyl (C=O) groups is 2. The molecular weight excluding hydrogens is 410 g/mol. The van der Waals surface area contributed by atoms with Crippen LogP contribution in [0.3, 0.4) is 0 Å². The molecule has 0 spiro atoms.